The number of hydrogen-bond acceptors (Lipinski definition) is 6. The monoisotopic (exact) mass is 463 g/mol. The molecule has 0 aliphatic carbocycles. The maximum atomic E-state index is 13.0. The Kier molecular flexibility index (Phi) is 8.15. The zero-order valence-corrected chi connectivity index (χ0v) is 19.5. The Balaban J connectivity index is 1.89. The van der Waals surface area contributed by atoms with E-state index in [0.717, 1.165) is 0 Å². The van der Waals surface area contributed by atoms with Gasteiger partial charge in [-0.3, -0.25) is 14.6 Å². The molecule has 1 unspecified atom stereocenters. The Morgan fingerprint density at radius 3 is 2.47 bits per heavy atom. The molecule has 0 aromatic heterocycles. The number of carbonyl (C=O) groups excluding carboxylic acids is 3. The first-order chi connectivity index (χ1) is 15.3. The number of ether oxygens (including phenoxy) is 2. The maximum absolute atomic E-state index is 13.0. The largest absolute Gasteiger partial charge is 0.466 e. The molecule has 1 aromatic rings. The third kappa shape index (κ3) is 5.42. The number of nitrogens with zero attached hydrogens (tertiary/aromatic N) is 2. The van der Waals surface area contributed by atoms with E-state index in [4.69, 9.17) is 21.1 Å². The second kappa shape index (κ2) is 10.8. The minimum atomic E-state index is -0.663. The lowest BCUT2D eigenvalue weighted by Gasteiger charge is -2.38. The average Bonchev–Trinajstić information content (AvgIpc) is 2.77. The molecular formula is C23H30ClN3O5. The lowest BCUT2D eigenvalue weighted by Crippen LogP contribution is -2.50. The Hall–Kier alpha value is -2.58. The van der Waals surface area contributed by atoms with Crippen LogP contribution in [0.2, 0.25) is 5.02 Å². The van der Waals surface area contributed by atoms with E-state index in [9.17, 15) is 14.4 Å². The molecule has 0 radical (unpaired) electrons. The van der Waals surface area contributed by atoms with Crippen molar-refractivity contribution >= 4 is 29.6 Å². The van der Waals surface area contributed by atoms with Crippen LogP contribution in [0.5, 0.6) is 0 Å². The zero-order valence-electron chi connectivity index (χ0n) is 18.7. The molecule has 0 saturated carbocycles. The highest BCUT2D eigenvalue weighted by molar-refractivity contribution is 6.30. The molecule has 3 rings (SSSR count). The first-order valence-corrected chi connectivity index (χ1v) is 11.3. The van der Waals surface area contributed by atoms with Crippen molar-refractivity contribution in [3.05, 3.63) is 46.1 Å². The van der Waals surface area contributed by atoms with Gasteiger partial charge in [-0.25, -0.2) is 9.59 Å². The van der Waals surface area contributed by atoms with Gasteiger partial charge in [0, 0.05) is 24.3 Å². The van der Waals surface area contributed by atoms with E-state index >= 15 is 0 Å². The van der Waals surface area contributed by atoms with Crippen molar-refractivity contribution in [2.45, 2.75) is 32.7 Å². The third-order valence-electron chi connectivity index (χ3n) is 5.84. The number of piperidine rings is 1. The maximum Gasteiger partial charge on any atom is 0.338 e. The van der Waals surface area contributed by atoms with Gasteiger partial charge in [-0.15, -0.1) is 0 Å². The first kappa shape index (κ1) is 24.1. The Morgan fingerprint density at radius 1 is 1.16 bits per heavy atom. The topological polar surface area (TPSA) is 88.2 Å². The van der Waals surface area contributed by atoms with E-state index < -0.39 is 12.0 Å². The van der Waals surface area contributed by atoms with Gasteiger partial charge in [0.2, 0.25) is 0 Å². The summed E-state index contributed by atoms with van der Waals surface area (Å²) in [5, 5.41) is 3.41. The van der Waals surface area contributed by atoms with Crippen LogP contribution in [-0.4, -0.2) is 67.7 Å². The van der Waals surface area contributed by atoms with Gasteiger partial charge in [0.25, 0.3) is 0 Å². The van der Waals surface area contributed by atoms with Crippen molar-refractivity contribution in [1.82, 2.24) is 15.1 Å². The summed E-state index contributed by atoms with van der Waals surface area (Å²) in [6, 6.07) is 6.11. The Labute approximate surface area is 193 Å². The van der Waals surface area contributed by atoms with Crippen LogP contribution < -0.4 is 5.32 Å². The molecule has 1 aromatic carbocycles. The van der Waals surface area contributed by atoms with Crippen LogP contribution in [-0.2, 0) is 19.1 Å². The number of halogens is 1. The van der Waals surface area contributed by atoms with Gasteiger partial charge >= 0.3 is 18.0 Å². The van der Waals surface area contributed by atoms with Crippen molar-refractivity contribution < 1.29 is 23.9 Å². The van der Waals surface area contributed by atoms with Gasteiger partial charge < -0.3 is 14.8 Å². The molecule has 1 N–H and O–H groups in total. The summed E-state index contributed by atoms with van der Waals surface area (Å²) >= 11 is 6.17. The van der Waals surface area contributed by atoms with E-state index in [2.05, 4.69) is 10.2 Å². The molecule has 32 heavy (non-hydrogen) atoms. The van der Waals surface area contributed by atoms with Crippen molar-refractivity contribution in [3.8, 4) is 0 Å². The number of urea groups is 1. The number of amides is 2. The second-order valence-corrected chi connectivity index (χ2v) is 8.32. The number of rotatable bonds is 7. The van der Waals surface area contributed by atoms with Crippen LogP contribution in [0.4, 0.5) is 4.79 Å². The Morgan fingerprint density at radius 2 is 1.84 bits per heavy atom. The highest BCUT2D eigenvalue weighted by Gasteiger charge is 2.38. The molecule has 1 saturated heterocycles. The molecule has 0 spiro atoms. The normalized spacial score (nSPS) is 20.2. The quantitative estimate of drug-likeness (QED) is 0.625. The number of esters is 2. The summed E-state index contributed by atoms with van der Waals surface area (Å²) in [4.78, 5) is 41.4. The fraction of sp³-hybridized carbons (Fsp3) is 0.522. The van der Waals surface area contributed by atoms with Crippen LogP contribution in [0.1, 0.15) is 38.3 Å². The van der Waals surface area contributed by atoms with Gasteiger partial charge in [-0.2, -0.15) is 0 Å². The minimum Gasteiger partial charge on any atom is -0.466 e. The molecule has 9 heteroatoms. The van der Waals surface area contributed by atoms with E-state index in [-0.39, 0.29) is 24.5 Å². The van der Waals surface area contributed by atoms with Gasteiger partial charge in [0.1, 0.15) is 0 Å². The van der Waals surface area contributed by atoms with Crippen LogP contribution >= 0.6 is 11.6 Å². The summed E-state index contributed by atoms with van der Waals surface area (Å²) in [6.07, 6.45) is 1.35. The van der Waals surface area contributed by atoms with Crippen LogP contribution in [0.25, 0.3) is 0 Å². The lowest BCUT2D eigenvalue weighted by atomic mass is 9.93. The van der Waals surface area contributed by atoms with Gasteiger partial charge in [0.05, 0.1) is 30.7 Å². The fourth-order valence-electron chi connectivity index (χ4n) is 4.13. The number of carbonyl (C=O) groups is 3. The number of likely N-dealkylation sites (N-methyl/N-ethyl adjacent to an activating group) is 1. The average molecular weight is 464 g/mol. The smallest absolute Gasteiger partial charge is 0.338 e. The molecule has 2 heterocycles. The molecule has 174 valence electrons. The summed E-state index contributed by atoms with van der Waals surface area (Å²) in [7, 11) is 1.64. The Bertz CT molecular complexity index is 895. The van der Waals surface area contributed by atoms with Crippen molar-refractivity contribution in [1.29, 1.82) is 0 Å². The van der Waals surface area contributed by atoms with E-state index in [1.165, 1.54) is 4.90 Å². The van der Waals surface area contributed by atoms with Crippen molar-refractivity contribution in [3.63, 3.8) is 0 Å². The number of nitrogens with one attached hydrogen (secondary N) is 1. The van der Waals surface area contributed by atoms with Crippen LogP contribution in [0.15, 0.2) is 35.5 Å². The predicted octanol–water partition coefficient (Wildman–Crippen LogP) is 3.13. The molecule has 8 nitrogen and oxygen atoms in total. The summed E-state index contributed by atoms with van der Waals surface area (Å²) in [5.41, 5.74) is 1.69. The molecule has 2 amide bonds. The summed E-state index contributed by atoms with van der Waals surface area (Å²) in [5.74, 6) is -0.745. The van der Waals surface area contributed by atoms with Crippen LogP contribution in [0, 0.1) is 5.92 Å². The standard InChI is InChI=1S/C23H30ClN3O5/c1-4-31-21(28)15-9-11-27(12-10-15)14-18-19(22(29)32-5-2)20(25-23(30)26(18)3)16-7-6-8-17(24)13-16/h6-8,13,15,20H,4-5,9-12,14H2,1-3H3,(H,25,30). The van der Waals surface area contributed by atoms with E-state index in [0.29, 0.717) is 60.9 Å². The van der Waals surface area contributed by atoms with E-state index in [1.54, 1.807) is 39.1 Å². The molecular weight excluding hydrogens is 434 g/mol. The van der Waals surface area contributed by atoms with Gasteiger partial charge in [-0.1, -0.05) is 23.7 Å². The molecule has 1 fully saturated rings. The van der Waals surface area contributed by atoms with Gasteiger partial charge in [-0.05, 0) is 57.5 Å². The van der Waals surface area contributed by atoms with Gasteiger partial charge in [0.15, 0.2) is 0 Å². The first-order valence-electron chi connectivity index (χ1n) is 10.9. The zero-order chi connectivity index (χ0) is 23.3. The van der Waals surface area contributed by atoms with Crippen molar-refractivity contribution in [2.24, 2.45) is 5.92 Å². The fourth-order valence-corrected chi connectivity index (χ4v) is 4.33. The highest BCUT2D eigenvalue weighted by Crippen LogP contribution is 2.33. The molecule has 2 aliphatic rings. The number of likely N-dealkylation sites (tertiary alicyclic amines) is 1. The second-order valence-electron chi connectivity index (χ2n) is 7.88. The molecule has 0 bridgehead atoms. The summed E-state index contributed by atoms with van der Waals surface area (Å²) in [6.45, 7) is 5.88. The van der Waals surface area contributed by atoms with Crippen molar-refractivity contribution in [2.75, 3.05) is 39.9 Å². The predicted molar refractivity (Wildman–Crippen MR) is 120 cm³/mol. The third-order valence-corrected chi connectivity index (χ3v) is 6.07. The number of benzene rings is 1. The molecule has 1 atom stereocenters. The summed E-state index contributed by atoms with van der Waals surface area (Å²) < 4.78 is 10.5. The minimum absolute atomic E-state index is 0.115. The molecule has 2 aliphatic heterocycles. The number of hydrogen-bond donors (Lipinski definition) is 1. The van der Waals surface area contributed by atoms with E-state index in [1.807, 2.05) is 6.07 Å². The SMILES string of the molecule is CCOC(=O)C1=C(CN2CCC(C(=O)OCC)CC2)N(C)C(=O)NC1c1cccc(Cl)c1. The van der Waals surface area contributed by atoms with Crippen LogP contribution in [0.3, 0.4) is 0 Å². The lowest BCUT2D eigenvalue weighted by molar-refractivity contribution is -0.149. The highest BCUT2D eigenvalue weighted by atomic mass is 35.5.